The van der Waals surface area contributed by atoms with Crippen LogP contribution >= 0.6 is 11.3 Å². The molecule has 2 rings (SSSR count). The molecular formula is C11H9NO2S. The van der Waals surface area contributed by atoms with Crippen LogP contribution in [0.5, 0.6) is 0 Å². The summed E-state index contributed by atoms with van der Waals surface area (Å²) < 4.78 is 0. The fourth-order valence-electron chi connectivity index (χ4n) is 1.34. The molecule has 0 saturated heterocycles. The van der Waals surface area contributed by atoms with Gasteiger partial charge < -0.3 is 5.11 Å². The molecule has 0 unspecified atom stereocenters. The SMILES string of the molecule is O=C(O)Cc1cc(-c2ccsc2)ccn1. The van der Waals surface area contributed by atoms with Gasteiger partial charge in [-0.3, -0.25) is 9.78 Å². The molecule has 2 aromatic heterocycles. The summed E-state index contributed by atoms with van der Waals surface area (Å²) in [5.74, 6) is -0.857. The minimum Gasteiger partial charge on any atom is -0.481 e. The number of carbonyl (C=O) groups is 1. The number of nitrogens with zero attached hydrogens (tertiary/aromatic N) is 1. The molecule has 4 heteroatoms. The first-order valence-corrected chi connectivity index (χ1v) is 5.39. The standard InChI is InChI=1S/C11H9NO2S/c13-11(14)6-10-5-8(1-3-12-10)9-2-4-15-7-9/h1-5,7H,6H2,(H,13,14). The molecule has 0 aromatic carbocycles. The van der Waals surface area contributed by atoms with Crippen LogP contribution in [0.3, 0.4) is 0 Å². The quantitative estimate of drug-likeness (QED) is 0.862. The van der Waals surface area contributed by atoms with Gasteiger partial charge in [0.15, 0.2) is 0 Å². The first kappa shape index (κ1) is 9.86. The van der Waals surface area contributed by atoms with E-state index in [-0.39, 0.29) is 6.42 Å². The van der Waals surface area contributed by atoms with Crippen LogP contribution < -0.4 is 0 Å². The van der Waals surface area contributed by atoms with E-state index >= 15 is 0 Å². The molecule has 0 radical (unpaired) electrons. The van der Waals surface area contributed by atoms with Crippen molar-refractivity contribution in [2.75, 3.05) is 0 Å². The van der Waals surface area contributed by atoms with Crippen molar-refractivity contribution in [2.45, 2.75) is 6.42 Å². The van der Waals surface area contributed by atoms with Crippen LogP contribution in [0.4, 0.5) is 0 Å². The minimum atomic E-state index is -0.857. The predicted octanol–water partition coefficient (Wildman–Crippen LogP) is 2.44. The van der Waals surface area contributed by atoms with E-state index in [9.17, 15) is 4.79 Å². The number of pyridine rings is 1. The zero-order valence-corrected chi connectivity index (χ0v) is 8.70. The number of carboxylic acid groups (broad SMARTS) is 1. The van der Waals surface area contributed by atoms with Gasteiger partial charge in [-0.05, 0) is 40.1 Å². The summed E-state index contributed by atoms with van der Waals surface area (Å²) >= 11 is 1.62. The van der Waals surface area contributed by atoms with Crippen LogP contribution in [0.25, 0.3) is 11.1 Å². The Bertz CT molecular complexity index is 465. The van der Waals surface area contributed by atoms with Crippen molar-refractivity contribution in [3.8, 4) is 11.1 Å². The number of carboxylic acids is 1. The highest BCUT2D eigenvalue weighted by atomic mass is 32.1. The summed E-state index contributed by atoms with van der Waals surface area (Å²) in [5, 5.41) is 12.7. The molecule has 0 fully saturated rings. The highest BCUT2D eigenvalue weighted by Gasteiger charge is 2.04. The van der Waals surface area contributed by atoms with Crippen LogP contribution in [-0.2, 0) is 11.2 Å². The van der Waals surface area contributed by atoms with Gasteiger partial charge in [0.1, 0.15) is 0 Å². The summed E-state index contributed by atoms with van der Waals surface area (Å²) in [7, 11) is 0. The fourth-order valence-corrected chi connectivity index (χ4v) is 2.00. The van der Waals surface area contributed by atoms with E-state index in [0.29, 0.717) is 5.69 Å². The van der Waals surface area contributed by atoms with E-state index in [0.717, 1.165) is 11.1 Å². The van der Waals surface area contributed by atoms with Crippen molar-refractivity contribution >= 4 is 17.3 Å². The third-order valence-electron chi connectivity index (χ3n) is 2.00. The molecule has 0 aliphatic heterocycles. The summed E-state index contributed by atoms with van der Waals surface area (Å²) in [5.41, 5.74) is 2.71. The first-order valence-electron chi connectivity index (χ1n) is 4.45. The van der Waals surface area contributed by atoms with E-state index in [1.165, 1.54) is 0 Å². The van der Waals surface area contributed by atoms with Crippen LogP contribution in [0.15, 0.2) is 35.2 Å². The smallest absolute Gasteiger partial charge is 0.309 e. The molecule has 0 amide bonds. The van der Waals surface area contributed by atoms with Crippen LogP contribution in [0, 0.1) is 0 Å². The molecule has 76 valence electrons. The van der Waals surface area contributed by atoms with Crippen LogP contribution in [0.2, 0.25) is 0 Å². The Morgan fingerprint density at radius 2 is 2.27 bits per heavy atom. The molecule has 2 heterocycles. The maximum absolute atomic E-state index is 10.5. The average Bonchev–Trinajstić information content (AvgIpc) is 2.69. The zero-order valence-electron chi connectivity index (χ0n) is 7.88. The predicted molar refractivity (Wildman–Crippen MR) is 58.9 cm³/mol. The second kappa shape index (κ2) is 4.23. The highest BCUT2D eigenvalue weighted by Crippen LogP contribution is 2.22. The molecule has 0 atom stereocenters. The average molecular weight is 219 g/mol. The number of hydrogen-bond acceptors (Lipinski definition) is 3. The molecule has 0 aliphatic carbocycles. The third-order valence-corrected chi connectivity index (χ3v) is 2.69. The Morgan fingerprint density at radius 3 is 2.93 bits per heavy atom. The van der Waals surface area contributed by atoms with Crippen molar-refractivity contribution in [2.24, 2.45) is 0 Å². The summed E-state index contributed by atoms with van der Waals surface area (Å²) in [6.45, 7) is 0. The second-order valence-corrected chi connectivity index (χ2v) is 3.90. The topological polar surface area (TPSA) is 50.2 Å². The van der Waals surface area contributed by atoms with Gasteiger partial charge in [-0.15, -0.1) is 0 Å². The van der Waals surface area contributed by atoms with E-state index in [2.05, 4.69) is 4.98 Å². The Morgan fingerprint density at radius 1 is 1.40 bits per heavy atom. The minimum absolute atomic E-state index is 0.0298. The Balaban J connectivity index is 2.31. The van der Waals surface area contributed by atoms with E-state index in [1.807, 2.05) is 29.0 Å². The number of aromatic nitrogens is 1. The van der Waals surface area contributed by atoms with Crippen LogP contribution in [0.1, 0.15) is 5.69 Å². The molecule has 0 saturated carbocycles. The van der Waals surface area contributed by atoms with E-state index in [4.69, 9.17) is 5.11 Å². The number of rotatable bonds is 3. The monoisotopic (exact) mass is 219 g/mol. The first-order chi connectivity index (χ1) is 7.25. The lowest BCUT2D eigenvalue weighted by atomic mass is 10.1. The Labute approximate surface area is 91.0 Å². The van der Waals surface area contributed by atoms with Gasteiger partial charge in [0, 0.05) is 6.20 Å². The Hall–Kier alpha value is -1.68. The van der Waals surface area contributed by atoms with Gasteiger partial charge in [-0.2, -0.15) is 11.3 Å². The molecule has 3 nitrogen and oxygen atoms in total. The lowest BCUT2D eigenvalue weighted by molar-refractivity contribution is -0.136. The summed E-state index contributed by atoms with van der Waals surface area (Å²) in [4.78, 5) is 14.5. The Kier molecular flexibility index (Phi) is 2.78. The van der Waals surface area contributed by atoms with Crippen molar-refractivity contribution < 1.29 is 9.90 Å². The van der Waals surface area contributed by atoms with Gasteiger partial charge in [0.05, 0.1) is 12.1 Å². The van der Waals surface area contributed by atoms with Gasteiger partial charge in [0.25, 0.3) is 0 Å². The maximum Gasteiger partial charge on any atom is 0.309 e. The molecular weight excluding hydrogens is 210 g/mol. The van der Waals surface area contributed by atoms with E-state index in [1.54, 1.807) is 17.5 Å². The fraction of sp³-hybridized carbons (Fsp3) is 0.0909. The number of aliphatic carboxylic acids is 1. The molecule has 0 bridgehead atoms. The molecule has 2 aromatic rings. The highest BCUT2D eigenvalue weighted by molar-refractivity contribution is 7.08. The zero-order chi connectivity index (χ0) is 10.7. The van der Waals surface area contributed by atoms with Gasteiger partial charge >= 0.3 is 5.97 Å². The summed E-state index contributed by atoms with van der Waals surface area (Å²) in [6, 6.07) is 5.70. The molecule has 1 N–H and O–H groups in total. The second-order valence-electron chi connectivity index (χ2n) is 3.12. The summed E-state index contributed by atoms with van der Waals surface area (Å²) in [6.07, 6.45) is 1.61. The normalized spacial score (nSPS) is 10.1. The molecule has 15 heavy (non-hydrogen) atoms. The van der Waals surface area contributed by atoms with E-state index < -0.39 is 5.97 Å². The molecule has 0 spiro atoms. The van der Waals surface area contributed by atoms with Gasteiger partial charge in [-0.25, -0.2) is 0 Å². The number of hydrogen-bond donors (Lipinski definition) is 1. The third kappa shape index (κ3) is 2.41. The maximum atomic E-state index is 10.5. The largest absolute Gasteiger partial charge is 0.481 e. The van der Waals surface area contributed by atoms with Crippen molar-refractivity contribution in [3.05, 3.63) is 40.8 Å². The van der Waals surface area contributed by atoms with Crippen molar-refractivity contribution in [1.82, 2.24) is 4.98 Å². The lowest BCUT2D eigenvalue weighted by Gasteiger charge is -2.00. The lowest BCUT2D eigenvalue weighted by Crippen LogP contribution is -2.01. The van der Waals surface area contributed by atoms with Gasteiger partial charge in [0.2, 0.25) is 0 Å². The van der Waals surface area contributed by atoms with Crippen molar-refractivity contribution in [3.63, 3.8) is 0 Å². The number of thiophene rings is 1. The van der Waals surface area contributed by atoms with Gasteiger partial charge in [-0.1, -0.05) is 0 Å². The molecule has 0 aliphatic rings. The van der Waals surface area contributed by atoms with Crippen LogP contribution in [-0.4, -0.2) is 16.1 Å². The van der Waals surface area contributed by atoms with Crippen molar-refractivity contribution in [1.29, 1.82) is 0 Å².